The van der Waals surface area contributed by atoms with Crippen LogP contribution in [0.25, 0.3) is 0 Å². The molecule has 0 unspecified atom stereocenters. The van der Waals surface area contributed by atoms with Gasteiger partial charge in [-0.2, -0.15) is 0 Å². The number of benzene rings is 1. The van der Waals surface area contributed by atoms with E-state index in [4.69, 9.17) is 4.74 Å². The van der Waals surface area contributed by atoms with Gasteiger partial charge in [-0.1, -0.05) is 50.3 Å². The first-order valence-corrected chi connectivity index (χ1v) is 8.30. The maximum absolute atomic E-state index is 11.7. The van der Waals surface area contributed by atoms with Crippen molar-refractivity contribution in [1.29, 1.82) is 0 Å². The molecule has 5 nitrogen and oxygen atoms in total. The van der Waals surface area contributed by atoms with Gasteiger partial charge in [0, 0.05) is 6.42 Å². The van der Waals surface area contributed by atoms with Crippen LogP contribution in [0.1, 0.15) is 56.6 Å². The molecule has 2 amide bonds. The molecule has 1 aromatic carbocycles. The molecule has 0 spiro atoms. The summed E-state index contributed by atoms with van der Waals surface area (Å²) in [5.74, 6) is 0.138. The zero-order chi connectivity index (χ0) is 17.1. The Morgan fingerprint density at radius 2 is 1.70 bits per heavy atom. The molecule has 1 aromatic rings. The second kappa shape index (κ2) is 10.6. The molecule has 0 saturated heterocycles. The van der Waals surface area contributed by atoms with Crippen molar-refractivity contribution < 1.29 is 14.3 Å². The normalized spacial score (nSPS) is 10.2. The Bertz CT molecular complexity index is 515. The molecule has 0 aliphatic rings. The first-order chi connectivity index (χ1) is 11.0. The number of hydrogen-bond donors (Lipinski definition) is 2. The molecule has 0 fully saturated rings. The molecule has 2 N–H and O–H groups in total. The lowest BCUT2D eigenvalue weighted by atomic mass is 10.1. The maximum atomic E-state index is 11.7. The van der Waals surface area contributed by atoms with E-state index < -0.39 is 0 Å². The van der Waals surface area contributed by atoms with E-state index in [9.17, 15) is 9.59 Å². The first kappa shape index (κ1) is 19.0. The van der Waals surface area contributed by atoms with Crippen LogP contribution in [-0.4, -0.2) is 18.4 Å². The van der Waals surface area contributed by atoms with Crippen LogP contribution in [0.3, 0.4) is 0 Å². The number of nitrogens with one attached hydrogen (secondary N) is 2. The molecular formula is C18H28N2O3. The summed E-state index contributed by atoms with van der Waals surface area (Å²) >= 11 is 0. The van der Waals surface area contributed by atoms with Crippen LogP contribution in [-0.2, 0) is 9.59 Å². The second-order valence-electron chi connectivity index (χ2n) is 5.82. The van der Waals surface area contributed by atoms with Gasteiger partial charge in [-0.15, -0.1) is 0 Å². The van der Waals surface area contributed by atoms with Crippen LogP contribution < -0.4 is 15.6 Å². The summed E-state index contributed by atoms with van der Waals surface area (Å²) in [5, 5.41) is 0. The minimum atomic E-state index is -0.371. The Balaban J connectivity index is 2.17. The van der Waals surface area contributed by atoms with Gasteiger partial charge in [0.25, 0.3) is 5.91 Å². The van der Waals surface area contributed by atoms with E-state index >= 15 is 0 Å². The summed E-state index contributed by atoms with van der Waals surface area (Å²) < 4.78 is 5.45. The van der Waals surface area contributed by atoms with Crippen LogP contribution in [0.2, 0.25) is 0 Å². The highest BCUT2D eigenvalue weighted by atomic mass is 16.5. The van der Waals surface area contributed by atoms with Gasteiger partial charge in [-0.25, -0.2) is 0 Å². The van der Waals surface area contributed by atoms with Gasteiger partial charge in [-0.3, -0.25) is 20.4 Å². The summed E-state index contributed by atoms with van der Waals surface area (Å²) in [6, 6.07) is 5.76. The SMILES string of the molecule is CCCCCCCC(=O)NNC(=O)COc1ccc(C)cc1C. The number of hydrogen-bond acceptors (Lipinski definition) is 3. The van der Waals surface area contributed by atoms with Gasteiger partial charge in [0.05, 0.1) is 0 Å². The lowest BCUT2D eigenvalue weighted by Crippen LogP contribution is -2.43. The van der Waals surface area contributed by atoms with E-state index in [1.807, 2.05) is 32.0 Å². The van der Waals surface area contributed by atoms with Crippen molar-refractivity contribution in [1.82, 2.24) is 10.9 Å². The molecule has 128 valence electrons. The molecule has 23 heavy (non-hydrogen) atoms. The van der Waals surface area contributed by atoms with Crippen LogP contribution in [0.5, 0.6) is 5.75 Å². The zero-order valence-electron chi connectivity index (χ0n) is 14.4. The number of aryl methyl sites for hydroxylation is 2. The Labute approximate surface area is 138 Å². The summed E-state index contributed by atoms with van der Waals surface area (Å²) in [6.45, 7) is 5.96. The summed E-state index contributed by atoms with van der Waals surface area (Å²) in [5.41, 5.74) is 6.91. The second-order valence-corrected chi connectivity index (χ2v) is 5.82. The molecule has 0 saturated carbocycles. The van der Waals surface area contributed by atoms with Crippen LogP contribution >= 0.6 is 0 Å². The molecule has 0 radical (unpaired) electrons. The molecule has 1 rings (SSSR count). The number of amides is 2. The van der Waals surface area contributed by atoms with Crippen molar-refractivity contribution in [3.05, 3.63) is 29.3 Å². The highest BCUT2D eigenvalue weighted by Crippen LogP contribution is 2.18. The lowest BCUT2D eigenvalue weighted by molar-refractivity contribution is -0.130. The Morgan fingerprint density at radius 3 is 2.39 bits per heavy atom. The van der Waals surface area contributed by atoms with Gasteiger partial charge < -0.3 is 4.74 Å². The molecule has 0 aliphatic carbocycles. The fraction of sp³-hybridized carbons (Fsp3) is 0.556. The standard InChI is InChI=1S/C18H28N2O3/c1-4-5-6-7-8-9-17(21)19-20-18(22)13-23-16-11-10-14(2)12-15(16)3/h10-12H,4-9,13H2,1-3H3,(H,19,21)(H,20,22). The first-order valence-electron chi connectivity index (χ1n) is 8.30. The van der Waals surface area contributed by atoms with Crippen molar-refractivity contribution in [2.24, 2.45) is 0 Å². The van der Waals surface area contributed by atoms with Crippen molar-refractivity contribution >= 4 is 11.8 Å². The number of ether oxygens (including phenoxy) is 1. The third-order valence-corrected chi connectivity index (χ3v) is 3.54. The highest BCUT2D eigenvalue weighted by molar-refractivity contribution is 5.82. The van der Waals surface area contributed by atoms with Crippen molar-refractivity contribution in [3.8, 4) is 5.75 Å². The van der Waals surface area contributed by atoms with Crippen LogP contribution in [0, 0.1) is 13.8 Å². The minimum absolute atomic E-state index is 0.124. The fourth-order valence-electron chi connectivity index (χ4n) is 2.23. The monoisotopic (exact) mass is 320 g/mol. The van der Waals surface area contributed by atoms with E-state index in [0.717, 1.165) is 30.4 Å². The molecule has 0 bridgehead atoms. The largest absolute Gasteiger partial charge is 0.483 e. The predicted octanol–water partition coefficient (Wildman–Crippen LogP) is 3.19. The average molecular weight is 320 g/mol. The van der Waals surface area contributed by atoms with E-state index in [0.29, 0.717) is 12.2 Å². The maximum Gasteiger partial charge on any atom is 0.276 e. The van der Waals surface area contributed by atoms with Gasteiger partial charge >= 0.3 is 0 Å². The smallest absolute Gasteiger partial charge is 0.276 e. The quantitative estimate of drug-likeness (QED) is 0.542. The van der Waals surface area contributed by atoms with Gasteiger partial charge in [0.15, 0.2) is 6.61 Å². The molecule has 5 heteroatoms. The molecule has 0 aliphatic heterocycles. The summed E-state index contributed by atoms with van der Waals surface area (Å²) in [4.78, 5) is 23.2. The zero-order valence-corrected chi connectivity index (χ0v) is 14.4. The average Bonchev–Trinajstić information content (AvgIpc) is 2.52. The van der Waals surface area contributed by atoms with Crippen LogP contribution in [0.15, 0.2) is 18.2 Å². The number of carbonyl (C=O) groups is 2. The van der Waals surface area contributed by atoms with Gasteiger partial charge in [-0.05, 0) is 31.9 Å². The predicted molar refractivity (Wildman–Crippen MR) is 91.1 cm³/mol. The Morgan fingerprint density at radius 1 is 1.00 bits per heavy atom. The fourth-order valence-corrected chi connectivity index (χ4v) is 2.23. The van der Waals surface area contributed by atoms with E-state index in [2.05, 4.69) is 17.8 Å². The number of rotatable bonds is 9. The number of hydrazine groups is 1. The highest BCUT2D eigenvalue weighted by Gasteiger charge is 2.07. The van der Waals surface area contributed by atoms with Gasteiger partial charge in [0.1, 0.15) is 5.75 Å². The van der Waals surface area contributed by atoms with Crippen molar-refractivity contribution in [2.45, 2.75) is 59.3 Å². The topological polar surface area (TPSA) is 67.4 Å². The molecular weight excluding hydrogens is 292 g/mol. The summed E-state index contributed by atoms with van der Waals surface area (Å²) in [6.07, 6.45) is 5.87. The Kier molecular flexibility index (Phi) is 8.80. The molecule has 0 atom stereocenters. The number of unbranched alkanes of at least 4 members (excludes halogenated alkanes) is 4. The molecule has 0 heterocycles. The third kappa shape index (κ3) is 8.24. The van der Waals surface area contributed by atoms with Crippen molar-refractivity contribution in [3.63, 3.8) is 0 Å². The Hall–Kier alpha value is -2.04. The third-order valence-electron chi connectivity index (χ3n) is 3.54. The minimum Gasteiger partial charge on any atom is -0.483 e. The van der Waals surface area contributed by atoms with Crippen molar-refractivity contribution in [2.75, 3.05) is 6.61 Å². The van der Waals surface area contributed by atoms with Gasteiger partial charge in [0.2, 0.25) is 5.91 Å². The number of carbonyl (C=O) groups excluding carboxylic acids is 2. The molecule has 0 aromatic heterocycles. The van der Waals surface area contributed by atoms with E-state index in [1.54, 1.807) is 0 Å². The summed E-state index contributed by atoms with van der Waals surface area (Å²) in [7, 11) is 0. The van der Waals surface area contributed by atoms with E-state index in [1.165, 1.54) is 12.8 Å². The van der Waals surface area contributed by atoms with E-state index in [-0.39, 0.29) is 18.4 Å². The van der Waals surface area contributed by atoms with Crippen LogP contribution in [0.4, 0.5) is 0 Å². The lowest BCUT2D eigenvalue weighted by Gasteiger charge is -2.10.